The second-order valence-electron chi connectivity index (χ2n) is 4.67. The Balaban J connectivity index is 1.75. The Bertz CT molecular complexity index is 832. The quantitative estimate of drug-likeness (QED) is 0.729. The first-order chi connectivity index (χ1) is 11.2. The molecule has 1 amide bonds. The van der Waals surface area contributed by atoms with Crippen molar-refractivity contribution >= 4 is 35.0 Å². The van der Waals surface area contributed by atoms with Crippen LogP contribution >= 0.6 is 23.4 Å². The van der Waals surface area contributed by atoms with Gasteiger partial charge < -0.3 is 5.32 Å². The molecule has 0 bridgehead atoms. The zero-order valence-electron chi connectivity index (χ0n) is 12.2. The van der Waals surface area contributed by atoms with Crippen LogP contribution in [0.3, 0.4) is 0 Å². The van der Waals surface area contributed by atoms with Gasteiger partial charge in [-0.2, -0.15) is 5.10 Å². The van der Waals surface area contributed by atoms with E-state index in [0.717, 1.165) is 10.7 Å². The van der Waals surface area contributed by atoms with Gasteiger partial charge >= 0.3 is 0 Å². The molecule has 116 valence electrons. The second-order valence-corrected chi connectivity index (χ2v) is 5.93. The van der Waals surface area contributed by atoms with Crippen molar-refractivity contribution in [3.63, 3.8) is 0 Å². The third-order valence-electron chi connectivity index (χ3n) is 3.10. The number of carbonyl (C=O) groups is 1. The molecule has 0 aliphatic heterocycles. The molecule has 1 N–H and O–H groups in total. The van der Waals surface area contributed by atoms with Gasteiger partial charge in [0.25, 0.3) is 5.91 Å². The Hall–Kier alpha value is -2.31. The molecule has 0 aliphatic carbocycles. The Morgan fingerprint density at radius 3 is 2.83 bits per heavy atom. The maximum atomic E-state index is 12.2. The van der Waals surface area contributed by atoms with E-state index < -0.39 is 0 Å². The van der Waals surface area contributed by atoms with Crippen LogP contribution in [0.5, 0.6) is 0 Å². The van der Waals surface area contributed by atoms with Crippen LogP contribution in [-0.2, 0) is 0 Å². The number of hydrogen-bond donors (Lipinski definition) is 1. The normalized spacial score (nSPS) is 10.5. The van der Waals surface area contributed by atoms with E-state index in [1.165, 1.54) is 0 Å². The average Bonchev–Trinajstić information content (AvgIpc) is 3.06. The number of halogens is 1. The Morgan fingerprint density at radius 2 is 2.13 bits per heavy atom. The molecule has 3 aromatic rings. The number of anilines is 1. The Kier molecular flexibility index (Phi) is 4.64. The van der Waals surface area contributed by atoms with Crippen LogP contribution in [0, 0.1) is 0 Å². The van der Waals surface area contributed by atoms with Crippen molar-refractivity contribution in [3.8, 4) is 5.69 Å². The number of benzene rings is 1. The Morgan fingerprint density at radius 1 is 1.26 bits per heavy atom. The summed E-state index contributed by atoms with van der Waals surface area (Å²) >= 11 is 7.51. The summed E-state index contributed by atoms with van der Waals surface area (Å²) in [6.45, 7) is 0. The summed E-state index contributed by atoms with van der Waals surface area (Å²) in [6.07, 6.45) is 5.29. The number of thioether (sulfide) groups is 1. The van der Waals surface area contributed by atoms with Crippen molar-refractivity contribution in [2.24, 2.45) is 0 Å². The van der Waals surface area contributed by atoms with Crippen molar-refractivity contribution in [1.82, 2.24) is 14.8 Å². The molecule has 0 saturated heterocycles. The van der Waals surface area contributed by atoms with Crippen LogP contribution in [0.25, 0.3) is 5.69 Å². The largest absolute Gasteiger partial charge is 0.319 e. The van der Waals surface area contributed by atoms with Crippen LogP contribution < -0.4 is 5.32 Å². The van der Waals surface area contributed by atoms with Crippen LogP contribution in [-0.4, -0.2) is 26.9 Å². The van der Waals surface area contributed by atoms with Gasteiger partial charge in [0.1, 0.15) is 0 Å². The highest BCUT2D eigenvalue weighted by Gasteiger charge is 2.11. The van der Waals surface area contributed by atoms with Gasteiger partial charge in [-0.3, -0.25) is 4.79 Å². The summed E-state index contributed by atoms with van der Waals surface area (Å²) in [6, 6.07) is 12.6. The van der Waals surface area contributed by atoms with Gasteiger partial charge in [0.2, 0.25) is 0 Å². The van der Waals surface area contributed by atoms with Gasteiger partial charge in [0.15, 0.2) is 5.69 Å². The number of rotatable bonds is 4. The Labute approximate surface area is 142 Å². The minimum absolute atomic E-state index is 0.288. The van der Waals surface area contributed by atoms with Crippen LogP contribution in [0.2, 0.25) is 5.02 Å². The zero-order chi connectivity index (χ0) is 16.2. The first-order valence-corrected chi connectivity index (χ1v) is 8.39. The molecule has 7 heteroatoms. The van der Waals surface area contributed by atoms with Gasteiger partial charge in [-0.05, 0) is 42.7 Å². The van der Waals surface area contributed by atoms with E-state index in [0.29, 0.717) is 16.4 Å². The van der Waals surface area contributed by atoms with Crippen molar-refractivity contribution in [3.05, 3.63) is 65.6 Å². The molecular formula is C16H13ClN4OS. The molecule has 0 radical (unpaired) electrons. The zero-order valence-corrected chi connectivity index (χ0v) is 13.8. The maximum Gasteiger partial charge on any atom is 0.276 e. The second kappa shape index (κ2) is 6.85. The van der Waals surface area contributed by atoms with Gasteiger partial charge in [0, 0.05) is 11.2 Å². The highest BCUT2D eigenvalue weighted by atomic mass is 35.5. The van der Waals surface area contributed by atoms with E-state index in [9.17, 15) is 4.79 Å². The third-order valence-corrected chi connectivity index (χ3v) is 3.99. The lowest BCUT2D eigenvalue weighted by Gasteiger charge is -2.04. The predicted octanol–water partition coefficient (Wildman–Crippen LogP) is 3.89. The molecule has 3 rings (SSSR count). The summed E-state index contributed by atoms with van der Waals surface area (Å²) in [4.78, 5) is 16.4. The first-order valence-electron chi connectivity index (χ1n) is 6.79. The molecule has 0 spiro atoms. The fraction of sp³-hybridized carbons (Fsp3) is 0.0625. The lowest BCUT2D eigenvalue weighted by Crippen LogP contribution is -2.13. The number of pyridine rings is 1. The summed E-state index contributed by atoms with van der Waals surface area (Å²) in [5, 5.41) is 8.56. The summed E-state index contributed by atoms with van der Waals surface area (Å²) in [5.41, 5.74) is 1.74. The fourth-order valence-electron chi connectivity index (χ4n) is 1.98. The number of nitrogens with one attached hydrogen (secondary N) is 1. The SMILES string of the molecule is CSc1ccc(NC(=O)c2ccn(-c3cccc(Cl)c3)n2)cn1. The summed E-state index contributed by atoms with van der Waals surface area (Å²) in [5.74, 6) is -0.288. The van der Waals surface area contributed by atoms with Crippen molar-refractivity contribution < 1.29 is 4.79 Å². The molecule has 0 unspecified atom stereocenters. The molecule has 2 heterocycles. The van der Waals surface area contributed by atoms with Crippen LogP contribution in [0.1, 0.15) is 10.5 Å². The van der Waals surface area contributed by atoms with E-state index in [1.807, 2.05) is 30.5 Å². The lowest BCUT2D eigenvalue weighted by molar-refractivity contribution is 0.102. The average molecular weight is 345 g/mol. The van der Waals surface area contributed by atoms with Crippen molar-refractivity contribution in [2.75, 3.05) is 11.6 Å². The van der Waals surface area contributed by atoms with E-state index in [2.05, 4.69) is 15.4 Å². The van der Waals surface area contributed by atoms with E-state index in [-0.39, 0.29) is 5.91 Å². The smallest absolute Gasteiger partial charge is 0.276 e. The standard InChI is InChI=1S/C16H13ClN4OS/c1-23-15-6-5-12(10-18-15)19-16(22)14-7-8-21(20-14)13-4-2-3-11(17)9-13/h2-10H,1H3,(H,19,22). The van der Waals surface area contributed by atoms with E-state index in [1.54, 1.807) is 47.0 Å². The molecule has 23 heavy (non-hydrogen) atoms. The van der Waals surface area contributed by atoms with Crippen LogP contribution in [0.15, 0.2) is 59.9 Å². The lowest BCUT2D eigenvalue weighted by atomic mass is 10.3. The van der Waals surface area contributed by atoms with E-state index >= 15 is 0 Å². The third kappa shape index (κ3) is 3.72. The molecule has 0 atom stereocenters. The maximum absolute atomic E-state index is 12.2. The molecule has 5 nitrogen and oxygen atoms in total. The molecule has 1 aromatic carbocycles. The minimum atomic E-state index is -0.288. The summed E-state index contributed by atoms with van der Waals surface area (Å²) in [7, 11) is 0. The van der Waals surface area contributed by atoms with Crippen molar-refractivity contribution in [1.29, 1.82) is 0 Å². The number of amides is 1. The first kappa shape index (κ1) is 15.6. The van der Waals surface area contributed by atoms with Crippen molar-refractivity contribution in [2.45, 2.75) is 5.03 Å². The molecule has 2 aromatic heterocycles. The summed E-state index contributed by atoms with van der Waals surface area (Å²) < 4.78 is 1.61. The molecule has 0 aliphatic rings. The highest BCUT2D eigenvalue weighted by molar-refractivity contribution is 7.98. The number of aromatic nitrogens is 3. The number of carbonyl (C=O) groups excluding carboxylic acids is 1. The van der Waals surface area contributed by atoms with Gasteiger partial charge in [-0.1, -0.05) is 17.7 Å². The number of nitrogens with zero attached hydrogens (tertiary/aromatic N) is 3. The monoisotopic (exact) mass is 344 g/mol. The predicted molar refractivity (Wildman–Crippen MR) is 92.5 cm³/mol. The fourth-order valence-corrected chi connectivity index (χ4v) is 2.52. The topological polar surface area (TPSA) is 59.8 Å². The molecular weight excluding hydrogens is 332 g/mol. The van der Waals surface area contributed by atoms with Crippen LogP contribution in [0.4, 0.5) is 5.69 Å². The van der Waals surface area contributed by atoms with Gasteiger partial charge in [0.05, 0.1) is 22.6 Å². The minimum Gasteiger partial charge on any atom is -0.319 e. The van der Waals surface area contributed by atoms with E-state index in [4.69, 9.17) is 11.6 Å². The number of hydrogen-bond acceptors (Lipinski definition) is 4. The molecule has 0 saturated carbocycles. The van der Waals surface area contributed by atoms with Gasteiger partial charge in [-0.25, -0.2) is 9.67 Å². The highest BCUT2D eigenvalue weighted by Crippen LogP contribution is 2.16. The van der Waals surface area contributed by atoms with Gasteiger partial charge in [-0.15, -0.1) is 11.8 Å². The molecule has 0 fully saturated rings.